The van der Waals surface area contributed by atoms with Crippen LogP contribution in [-0.2, 0) is 42.1 Å². The molecule has 0 aliphatic rings. The predicted octanol–water partition coefficient (Wildman–Crippen LogP) is 17.3. The molecule has 8 aromatic rings. The average Bonchev–Trinajstić information content (AvgIpc) is 3.92. The largest absolute Gasteiger partial charge is 0.214 e. The molecule has 0 N–H and O–H groups in total. The van der Waals surface area contributed by atoms with Crippen molar-refractivity contribution in [1.29, 1.82) is 0 Å². The molecule has 0 saturated heterocycles. The fourth-order valence-corrected chi connectivity index (χ4v) is 11.9. The standard InChI is InChI=1S/C33H33.C15H8F6.C5H5.2ClH.Zr/c1-32(2,3)30-20-26-24(18-28(30)22-13-9-7-10-14-22)17-25-19-29(23-15-11-8-12-16-23)31(21-27(25)26)33(4,5)6;16-14(17,18)12-5-1-3-10(8-12)7-11-4-2-6-13(9-11)15(19,20)21;1-2-4-5-3-1;;;/h7-21H,1-6H3;1-6,8-9H;1-5H;2*1H;/q-1;;-1;;;+2/p-2. The number of halogens is 8. The Morgan fingerprint density at radius 1 is 0.468 bits per heavy atom. The van der Waals surface area contributed by atoms with E-state index in [4.69, 9.17) is 17.0 Å². The normalized spacial score (nSPS) is 12.0. The minimum absolute atomic E-state index is 0.0554. The second-order valence-electron chi connectivity index (χ2n) is 17.1. The van der Waals surface area contributed by atoms with Crippen molar-refractivity contribution in [3.63, 3.8) is 0 Å². The van der Waals surface area contributed by atoms with E-state index in [-0.39, 0.29) is 25.2 Å². The maximum Gasteiger partial charge on any atom is -0.172 e. The first-order valence-electron chi connectivity index (χ1n) is 20.0. The van der Waals surface area contributed by atoms with Gasteiger partial charge in [0.05, 0.1) is 0 Å². The number of alkyl halides is 6. The van der Waals surface area contributed by atoms with Crippen molar-refractivity contribution in [1.82, 2.24) is 0 Å². The number of benzene rings is 6. The van der Waals surface area contributed by atoms with E-state index in [9.17, 15) is 26.3 Å². The molecule has 0 aliphatic carbocycles. The second kappa shape index (κ2) is 19.1. The van der Waals surface area contributed by atoms with Crippen molar-refractivity contribution in [3.05, 3.63) is 203 Å². The number of hydrogen-bond acceptors (Lipinski definition) is 0. The molecule has 0 bridgehead atoms. The van der Waals surface area contributed by atoms with E-state index in [0.717, 1.165) is 24.3 Å². The predicted molar refractivity (Wildman–Crippen MR) is 245 cm³/mol. The minimum atomic E-state index is -4.57. The van der Waals surface area contributed by atoms with Crippen LogP contribution in [-0.4, -0.2) is 3.21 Å². The van der Waals surface area contributed by atoms with Crippen LogP contribution in [0.3, 0.4) is 0 Å². The molecular weight excluding hydrogens is 913 g/mol. The van der Waals surface area contributed by atoms with Gasteiger partial charge in [0.1, 0.15) is 0 Å². The van der Waals surface area contributed by atoms with Crippen molar-refractivity contribution in [3.8, 4) is 22.3 Å². The van der Waals surface area contributed by atoms with Gasteiger partial charge in [0.15, 0.2) is 0 Å². The van der Waals surface area contributed by atoms with Crippen LogP contribution in [0.25, 0.3) is 43.8 Å². The van der Waals surface area contributed by atoms with Crippen LogP contribution < -0.4 is 0 Å². The summed E-state index contributed by atoms with van der Waals surface area (Å²) in [4.78, 5) is 0. The van der Waals surface area contributed by atoms with E-state index >= 15 is 0 Å². The van der Waals surface area contributed by atoms with Crippen LogP contribution in [0.15, 0.2) is 170 Å². The summed E-state index contributed by atoms with van der Waals surface area (Å²) < 4.78 is 77.2. The third-order valence-electron chi connectivity index (χ3n) is 10.5. The zero-order chi connectivity index (χ0) is 45.0. The molecule has 0 aliphatic heterocycles. The Bertz CT molecular complexity index is 2590. The molecule has 320 valence electrons. The van der Waals surface area contributed by atoms with Gasteiger partial charge in [-0.25, -0.2) is 12.1 Å². The van der Waals surface area contributed by atoms with E-state index in [1.54, 1.807) is 0 Å². The average molecular weight is 959 g/mol. The Hall–Kier alpha value is -4.55. The first-order chi connectivity index (χ1) is 29.1. The summed E-state index contributed by atoms with van der Waals surface area (Å²) in [5, 5.41) is 5.36. The molecule has 0 amide bonds. The van der Waals surface area contributed by atoms with Gasteiger partial charge in [-0.1, -0.05) is 114 Å². The summed E-state index contributed by atoms with van der Waals surface area (Å²) in [6.45, 7) is 13.9. The molecule has 0 heterocycles. The van der Waals surface area contributed by atoms with E-state index in [0.29, 0.717) is 0 Å². The van der Waals surface area contributed by atoms with Gasteiger partial charge in [0, 0.05) is 0 Å². The van der Waals surface area contributed by atoms with Crippen molar-refractivity contribution in [2.75, 3.05) is 0 Å². The Balaban J connectivity index is 0.000000193. The quantitative estimate of drug-likeness (QED) is 0.122. The van der Waals surface area contributed by atoms with Crippen LogP contribution in [0.5, 0.6) is 0 Å². The molecule has 0 spiro atoms. The summed E-state index contributed by atoms with van der Waals surface area (Å²) in [6.07, 6.45) is -9.14. The molecule has 8 rings (SSSR count). The molecule has 0 nitrogen and oxygen atoms in total. The fraction of sp³-hybridized carbons (Fsp3) is 0.189. The number of hydrogen-bond donors (Lipinski definition) is 0. The molecule has 0 unspecified atom stereocenters. The van der Waals surface area contributed by atoms with E-state index in [1.807, 2.05) is 30.3 Å². The molecule has 0 radical (unpaired) electrons. The van der Waals surface area contributed by atoms with Gasteiger partial charge in [-0.3, -0.25) is 0 Å². The van der Waals surface area contributed by atoms with E-state index in [1.165, 1.54) is 79.2 Å². The van der Waals surface area contributed by atoms with Gasteiger partial charge in [-0.15, -0.1) is 39.7 Å². The molecule has 0 aromatic heterocycles. The van der Waals surface area contributed by atoms with Gasteiger partial charge in [0.25, 0.3) is 0 Å². The van der Waals surface area contributed by atoms with Crippen molar-refractivity contribution in [2.45, 2.75) is 64.7 Å². The fourth-order valence-electron chi connectivity index (χ4n) is 7.47. The molecule has 62 heavy (non-hydrogen) atoms. The number of rotatable bonds is 4. The maximum atomic E-state index is 12.8. The second-order valence-corrected chi connectivity index (χ2v) is 25.2. The zero-order valence-corrected chi connectivity index (χ0v) is 39.2. The van der Waals surface area contributed by atoms with Gasteiger partial charge >= 0.3 is 149 Å². The Labute approximate surface area is 374 Å². The molecule has 9 heteroatoms. The third-order valence-corrected chi connectivity index (χ3v) is 15.1. The van der Waals surface area contributed by atoms with Crippen LogP contribution in [0, 0.1) is 0 Å². The molecule has 0 saturated carbocycles. The van der Waals surface area contributed by atoms with E-state index in [2.05, 4.69) is 133 Å². The maximum absolute atomic E-state index is 12.8. The first kappa shape index (κ1) is 46.9. The smallest absolute Gasteiger partial charge is 0.172 e. The van der Waals surface area contributed by atoms with Crippen LogP contribution in [0.2, 0.25) is 0 Å². The van der Waals surface area contributed by atoms with Crippen molar-refractivity contribution >= 4 is 41.8 Å². The summed E-state index contributed by atoms with van der Waals surface area (Å²) in [7, 11) is 12.0. The number of fused-ring (bicyclic) bond motifs is 3. The summed E-state index contributed by atoms with van der Waals surface area (Å²) in [5.74, 6) is 0. The van der Waals surface area contributed by atoms with Gasteiger partial charge in [-0.05, 0) is 44.2 Å². The summed E-state index contributed by atoms with van der Waals surface area (Å²) in [5.41, 5.74) is 6.51. The topological polar surface area (TPSA) is 0 Å². The molecule has 0 fully saturated rings. The Kier molecular flexibility index (Phi) is 14.4. The first-order valence-corrected chi connectivity index (χ1v) is 27.6. The molecule has 0 atom stereocenters. The van der Waals surface area contributed by atoms with Gasteiger partial charge < -0.3 is 0 Å². The van der Waals surface area contributed by atoms with Crippen molar-refractivity contribution < 1.29 is 45.2 Å². The van der Waals surface area contributed by atoms with Crippen LogP contribution >= 0.6 is 17.0 Å². The SMILES string of the molecule is CC(C)(C)c1cc2c(cc1-c1ccccc1)[cH-]c1cc(-c3ccccc3)c(C(C)(C)C)cc12.FC(F)(F)c1cccc([C](c2cccc(C(F)(F)F)c2)=[Zr]([Cl])[Cl])c1.c1cc[cH-]c1. The van der Waals surface area contributed by atoms with Crippen LogP contribution in [0.1, 0.15) is 74.9 Å². The summed E-state index contributed by atoms with van der Waals surface area (Å²) >= 11 is -3.37. The van der Waals surface area contributed by atoms with Crippen molar-refractivity contribution in [2.24, 2.45) is 0 Å². The van der Waals surface area contributed by atoms with Gasteiger partial charge in [-0.2, -0.15) is 18.2 Å². The Morgan fingerprint density at radius 3 is 1.16 bits per heavy atom. The van der Waals surface area contributed by atoms with Crippen LogP contribution in [0.4, 0.5) is 26.3 Å². The zero-order valence-electron chi connectivity index (χ0n) is 35.2. The van der Waals surface area contributed by atoms with E-state index < -0.39 is 42.4 Å². The summed E-state index contributed by atoms with van der Waals surface area (Å²) in [6, 6.07) is 52.2. The minimum Gasteiger partial charge on any atom is -0.214 e. The van der Waals surface area contributed by atoms with Gasteiger partial charge in [0.2, 0.25) is 0 Å². The molecular formula is C53H46Cl2F6Zr-2. The monoisotopic (exact) mass is 956 g/mol. The third kappa shape index (κ3) is 11.3. The Morgan fingerprint density at radius 2 is 0.855 bits per heavy atom. The molecule has 8 aromatic carbocycles.